The van der Waals surface area contributed by atoms with Gasteiger partial charge in [-0.2, -0.15) is 0 Å². The zero-order valence-electron chi connectivity index (χ0n) is 12.1. The van der Waals surface area contributed by atoms with Crippen molar-refractivity contribution >= 4 is 17.3 Å². The van der Waals surface area contributed by atoms with E-state index >= 15 is 0 Å². The molecule has 4 heteroatoms. The molecule has 1 aromatic rings. The predicted octanol–water partition coefficient (Wildman–Crippen LogP) is 3.36. The molecule has 106 valence electrons. The molecule has 4 nitrogen and oxygen atoms in total. The molecule has 0 spiro atoms. The summed E-state index contributed by atoms with van der Waals surface area (Å²) in [5, 5.41) is 3.33. The Bertz CT molecular complexity index is 430. The summed E-state index contributed by atoms with van der Waals surface area (Å²) in [6.45, 7) is 4.99. The van der Waals surface area contributed by atoms with Crippen LogP contribution in [-0.4, -0.2) is 19.6 Å². The van der Waals surface area contributed by atoms with Gasteiger partial charge in [0.05, 0.1) is 12.7 Å². The van der Waals surface area contributed by atoms with Crippen LogP contribution < -0.4 is 11.1 Å². The number of carbonyl (C=O) groups is 1. The van der Waals surface area contributed by atoms with Crippen LogP contribution in [-0.2, 0) is 4.74 Å². The van der Waals surface area contributed by atoms with Crippen LogP contribution in [0.3, 0.4) is 0 Å². The van der Waals surface area contributed by atoms with E-state index in [1.165, 1.54) is 26.4 Å². The van der Waals surface area contributed by atoms with Gasteiger partial charge in [0.1, 0.15) is 0 Å². The van der Waals surface area contributed by atoms with Crippen molar-refractivity contribution in [2.45, 2.75) is 39.5 Å². The minimum Gasteiger partial charge on any atom is -0.465 e. The maximum absolute atomic E-state index is 11.6. The Morgan fingerprint density at radius 2 is 2.05 bits per heavy atom. The molecular formula is C15H24N2O2. The molecule has 0 saturated heterocycles. The lowest BCUT2D eigenvalue weighted by atomic mass is 10.1. The molecule has 1 aromatic carbocycles. The number of benzene rings is 1. The molecule has 0 bridgehead atoms. The summed E-state index contributed by atoms with van der Waals surface area (Å²) in [6, 6.07) is 3.72. The van der Waals surface area contributed by atoms with E-state index in [1.807, 2.05) is 13.0 Å². The van der Waals surface area contributed by atoms with Gasteiger partial charge in [0.25, 0.3) is 0 Å². The first kappa shape index (κ1) is 15.3. The number of nitrogens with two attached hydrogens (primary N) is 1. The highest BCUT2D eigenvalue weighted by Crippen LogP contribution is 2.23. The molecule has 0 aromatic heterocycles. The van der Waals surface area contributed by atoms with Gasteiger partial charge in [-0.15, -0.1) is 0 Å². The number of hydrogen-bond acceptors (Lipinski definition) is 4. The molecule has 0 saturated carbocycles. The van der Waals surface area contributed by atoms with E-state index in [0.29, 0.717) is 11.3 Å². The standard InChI is InChI=1S/C15H24N2O2/c1-4-5-6-7-8-17-12-9-11(2)14(16)13(10-12)15(18)19-3/h9-10,17H,4-8,16H2,1-3H3. The van der Waals surface area contributed by atoms with Crippen LogP contribution in [0.1, 0.15) is 48.5 Å². The predicted molar refractivity (Wildman–Crippen MR) is 79.6 cm³/mol. The molecular weight excluding hydrogens is 240 g/mol. The van der Waals surface area contributed by atoms with E-state index in [-0.39, 0.29) is 0 Å². The van der Waals surface area contributed by atoms with Crippen LogP contribution in [0.2, 0.25) is 0 Å². The van der Waals surface area contributed by atoms with Crippen molar-refractivity contribution < 1.29 is 9.53 Å². The minimum absolute atomic E-state index is 0.393. The molecule has 0 unspecified atom stereocenters. The first-order valence-electron chi connectivity index (χ1n) is 6.82. The molecule has 0 aliphatic carbocycles. The molecule has 19 heavy (non-hydrogen) atoms. The number of methoxy groups -OCH3 is 1. The monoisotopic (exact) mass is 264 g/mol. The maximum Gasteiger partial charge on any atom is 0.340 e. The lowest BCUT2D eigenvalue weighted by Crippen LogP contribution is -2.09. The molecule has 0 atom stereocenters. The fourth-order valence-electron chi connectivity index (χ4n) is 1.96. The topological polar surface area (TPSA) is 64.3 Å². The van der Waals surface area contributed by atoms with Crippen molar-refractivity contribution in [2.24, 2.45) is 0 Å². The number of aryl methyl sites for hydroxylation is 1. The average Bonchev–Trinajstić information content (AvgIpc) is 2.41. The highest BCUT2D eigenvalue weighted by atomic mass is 16.5. The van der Waals surface area contributed by atoms with Crippen LogP contribution in [0.4, 0.5) is 11.4 Å². The van der Waals surface area contributed by atoms with Crippen molar-refractivity contribution in [1.82, 2.24) is 0 Å². The van der Waals surface area contributed by atoms with Crippen LogP contribution in [0.15, 0.2) is 12.1 Å². The largest absolute Gasteiger partial charge is 0.465 e. The van der Waals surface area contributed by atoms with Gasteiger partial charge < -0.3 is 15.8 Å². The van der Waals surface area contributed by atoms with Crippen LogP contribution >= 0.6 is 0 Å². The number of nitrogens with one attached hydrogen (secondary N) is 1. The number of anilines is 2. The highest BCUT2D eigenvalue weighted by molar-refractivity contribution is 5.97. The Morgan fingerprint density at radius 3 is 2.68 bits per heavy atom. The minimum atomic E-state index is -0.393. The summed E-state index contributed by atoms with van der Waals surface area (Å²) in [7, 11) is 1.36. The van der Waals surface area contributed by atoms with Gasteiger partial charge in [-0.3, -0.25) is 0 Å². The number of nitrogen functional groups attached to an aromatic ring is 1. The Labute approximate surface area is 115 Å². The zero-order chi connectivity index (χ0) is 14.3. The Kier molecular flexibility index (Phi) is 6.19. The lowest BCUT2D eigenvalue weighted by molar-refractivity contribution is 0.0602. The third kappa shape index (κ3) is 4.47. The third-order valence-corrected chi connectivity index (χ3v) is 3.15. The SMILES string of the molecule is CCCCCCNc1cc(C)c(N)c(C(=O)OC)c1. The number of hydrogen-bond donors (Lipinski definition) is 2. The van der Waals surface area contributed by atoms with E-state index in [9.17, 15) is 4.79 Å². The second-order valence-corrected chi connectivity index (χ2v) is 4.73. The number of ether oxygens (including phenoxy) is 1. The summed E-state index contributed by atoms with van der Waals surface area (Å²) in [5.74, 6) is -0.393. The second kappa shape index (κ2) is 7.67. The summed E-state index contributed by atoms with van der Waals surface area (Å²) in [5.41, 5.74) is 8.62. The van der Waals surface area contributed by atoms with Crippen LogP contribution in [0.25, 0.3) is 0 Å². The van der Waals surface area contributed by atoms with E-state index in [1.54, 1.807) is 6.07 Å². The summed E-state index contributed by atoms with van der Waals surface area (Å²) < 4.78 is 4.74. The van der Waals surface area contributed by atoms with E-state index in [4.69, 9.17) is 10.5 Å². The molecule has 0 fully saturated rings. The Hall–Kier alpha value is -1.71. The number of rotatable bonds is 7. The molecule has 3 N–H and O–H groups in total. The maximum atomic E-state index is 11.6. The van der Waals surface area contributed by atoms with Crippen molar-refractivity contribution in [3.05, 3.63) is 23.3 Å². The van der Waals surface area contributed by atoms with Gasteiger partial charge >= 0.3 is 5.97 Å². The van der Waals surface area contributed by atoms with Crippen molar-refractivity contribution in [1.29, 1.82) is 0 Å². The summed E-state index contributed by atoms with van der Waals surface area (Å²) in [6.07, 6.45) is 4.84. The first-order chi connectivity index (χ1) is 9.10. The second-order valence-electron chi connectivity index (χ2n) is 4.73. The molecule has 0 heterocycles. The quantitative estimate of drug-likeness (QED) is 0.450. The van der Waals surface area contributed by atoms with E-state index in [0.717, 1.165) is 24.2 Å². The third-order valence-electron chi connectivity index (χ3n) is 3.15. The zero-order valence-corrected chi connectivity index (χ0v) is 12.1. The van der Waals surface area contributed by atoms with Gasteiger partial charge in [-0.1, -0.05) is 26.2 Å². The fraction of sp³-hybridized carbons (Fsp3) is 0.533. The summed E-state index contributed by atoms with van der Waals surface area (Å²) in [4.78, 5) is 11.6. The smallest absolute Gasteiger partial charge is 0.340 e. The van der Waals surface area contributed by atoms with Crippen molar-refractivity contribution in [3.63, 3.8) is 0 Å². The molecule has 0 aliphatic heterocycles. The summed E-state index contributed by atoms with van der Waals surface area (Å²) >= 11 is 0. The van der Waals surface area contributed by atoms with Crippen LogP contribution in [0, 0.1) is 6.92 Å². The number of unbranched alkanes of at least 4 members (excludes halogenated alkanes) is 3. The van der Waals surface area contributed by atoms with E-state index < -0.39 is 5.97 Å². The fourth-order valence-corrected chi connectivity index (χ4v) is 1.96. The lowest BCUT2D eigenvalue weighted by Gasteiger charge is -2.12. The van der Waals surface area contributed by atoms with Gasteiger partial charge in [0.2, 0.25) is 0 Å². The molecule has 0 amide bonds. The number of carbonyl (C=O) groups excluding carboxylic acids is 1. The Balaban J connectivity index is 2.69. The highest BCUT2D eigenvalue weighted by Gasteiger charge is 2.13. The molecule has 0 radical (unpaired) electrons. The van der Waals surface area contributed by atoms with Crippen LogP contribution in [0.5, 0.6) is 0 Å². The van der Waals surface area contributed by atoms with Crippen molar-refractivity contribution in [2.75, 3.05) is 24.7 Å². The first-order valence-corrected chi connectivity index (χ1v) is 6.82. The van der Waals surface area contributed by atoms with Crippen molar-refractivity contribution in [3.8, 4) is 0 Å². The average molecular weight is 264 g/mol. The molecule has 1 rings (SSSR count). The van der Waals surface area contributed by atoms with Gasteiger partial charge in [0, 0.05) is 17.9 Å². The molecule has 0 aliphatic rings. The van der Waals surface area contributed by atoms with Gasteiger partial charge in [-0.25, -0.2) is 4.79 Å². The Morgan fingerprint density at radius 1 is 1.32 bits per heavy atom. The van der Waals surface area contributed by atoms with Gasteiger partial charge in [-0.05, 0) is 31.0 Å². The van der Waals surface area contributed by atoms with Gasteiger partial charge in [0.15, 0.2) is 0 Å². The van der Waals surface area contributed by atoms with E-state index in [2.05, 4.69) is 12.2 Å². The number of esters is 1. The normalized spacial score (nSPS) is 10.3.